The molecule has 1 amide bonds. The van der Waals surface area contributed by atoms with Crippen LogP contribution < -0.4 is 0 Å². The predicted octanol–water partition coefficient (Wildman–Crippen LogP) is 2.77. The molecule has 1 N–H and O–H groups in total. The number of rotatable bonds is 4. The van der Waals surface area contributed by atoms with Crippen LogP contribution in [0.5, 0.6) is 0 Å². The predicted molar refractivity (Wildman–Crippen MR) is 76.6 cm³/mol. The molecule has 1 atom stereocenters. The Hall–Kier alpha value is -0.770. The summed E-state index contributed by atoms with van der Waals surface area (Å²) in [6, 6.07) is 5.47. The van der Waals surface area contributed by atoms with Gasteiger partial charge in [-0.3, -0.25) is 4.79 Å². The van der Waals surface area contributed by atoms with Crippen molar-refractivity contribution in [2.75, 3.05) is 19.7 Å². The molecule has 5 heteroatoms. The molecule has 0 radical (unpaired) electrons. The van der Waals surface area contributed by atoms with E-state index in [0.29, 0.717) is 29.4 Å². The van der Waals surface area contributed by atoms with Crippen LogP contribution in [0, 0.1) is 5.92 Å². The van der Waals surface area contributed by atoms with Crippen LogP contribution in [-0.4, -0.2) is 35.6 Å². The highest BCUT2D eigenvalue weighted by molar-refractivity contribution is 6.42. The average Bonchev–Trinajstić information content (AvgIpc) is 2.89. The number of benzene rings is 1. The number of carbonyl (C=O) groups is 1. The van der Waals surface area contributed by atoms with Gasteiger partial charge >= 0.3 is 0 Å². The fraction of sp³-hybridized carbons (Fsp3) is 0.500. The first-order valence-corrected chi connectivity index (χ1v) is 7.19. The molecule has 1 aromatic rings. The molecular formula is C14H17Cl2NO2. The number of aryl methyl sites for hydroxylation is 1. The number of carbonyl (C=O) groups excluding carboxylic acids is 1. The summed E-state index contributed by atoms with van der Waals surface area (Å²) in [5, 5.41) is 10.1. The summed E-state index contributed by atoms with van der Waals surface area (Å²) >= 11 is 12.0. The molecule has 1 heterocycles. The average molecular weight is 302 g/mol. The van der Waals surface area contributed by atoms with E-state index in [1.54, 1.807) is 6.07 Å². The summed E-state index contributed by atoms with van der Waals surface area (Å²) in [4.78, 5) is 13.9. The number of halogens is 2. The Bertz CT molecular complexity index is 465. The Labute approximate surface area is 123 Å². The van der Waals surface area contributed by atoms with Crippen molar-refractivity contribution in [1.82, 2.24) is 4.90 Å². The van der Waals surface area contributed by atoms with Crippen molar-refractivity contribution in [3.05, 3.63) is 33.8 Å². The largest absolute Gasteiger partial charge is 0.396 e. The maximum atomic E-state index is 12.0. The maximum Gasteiger partial charge on any atom is 0.222 e. The Morgan fingerprint density at radius 1 is 1.42 bits per heavy atom. The lowest BCUT2D eigenvalue weighted by atomic mass is 10.1. The number of hydrogen-bond acceptors (Lipinski definition) is 2. The van der Waals surface area contributed by atoms with Gasteiger partial charge in [0.1, 0.15) is 0 Å². The summed E-state index contributed by atoms with van der Waals surface area (Å²) in [7, 11) is 0. The van der Waals surface area contributed by atoms with E-state index in [9.17, 15) is 4.79 Å². The fourth-order valence-electron chi connectivity index (χ4n) is 2.35. The van der Waals surface area contributed by atoms with E-state index in [1.165, 1.54) is 0 Å². The molecule has 0 aliphatic carbocycles. The summed E-state index contributed by atoms with van der Waals surface area (Å²) < 4.78 is 0. The van der Waals surface area contributed by atoms with Crippen LogP contribution in [0.2, 0.25) is 10.0 Å². The van der Waals surface area contributed by atoms with Gasteiger partial charge in [0.05, 0.1) is 10.0 Å². The molecule has 19 heavy (non-hydrogen) atoms. The number of amides is 1. The lowest BCUT2D eigenvalue weighted by molar-refractivity contribution is -0.130. The molecule has 104 valence electrons. The zero-order chi connectivity index (χ0) is 13.8. The minimum absolute atomic E-state index is 0.118. The fourth-order valence-corrected chi connectivity index (χ4v) is 2.76. The van der Waals surface area contributed by atoms with Crippen LogP contribution >= 0.6 is 23.2 Å². The number of aliphatic hydroxyl groups is 1. The van der Waals surface area contributed by atoms with Gasteiger partial charge in [-0.15, -0.1) is 0 Å². The molecule has 1 fully saturated rings. The summed E-state index contributed by atoms with van der Waals surface area (Å²) in [5.41, 5.74) is 0.903. The van der Waals surface area contributed by atoms with E-state index in [1.807, 2.05) is 17.0 Å². The van der Waals surface area contributed by atoms with Gasteiger partial charge in [-0.1, -0.05) is 35.3 Å². The van der Waals surface area contributed by atoms with Crippen LogP contribution in [-0.2, 0) is 11.2 Å². The first-order valence-electron chi connectivity index (χ1n) is 6.43. The minimum Gasteiger partial charge on any atom is -0.396 e. The van der Waals surface area contributed by atoms with E-state index in [2.05, 4.69) is 0 Å². The molecule has 1 saturated heterocycles. The standard InChI is InChI=1S/C14H17Cl2NO2/c15-12-3-1-2-11(14(12)16)4-5-13(19)17-7-6-10(8-17)9-18/h1-3,10,18H,4-9H2. The number of aliphatic hydroxyl groups excluding tert-OH is 1. The van der Waals surface area contributed by atoms with E-state index >= 15 is 0 Å². The Balaban J connectivity index is 1.89. The van der Waals surface area contributed by atoms with E-state index < -0.39 is 0 Å². The molecule has 1 unspecified atom stereocenters. The normalized spacial score (nSPS) is 18.9. The van der Waals surface area contributed by atoms with Gasteiger partial charge in [0.25, 0.3) is 0 Å². The van der Waals surface area contributed by atoms with Crippen molar-refractivity contribution in [1.29, 1.82) is 0 Å². The molecule has 2 rings (SSSR count). The second-order valence-corrected chi connectivity index (χ2v) is 5.68. The number of nitrogens with zero attached hydrogens (tertiary/aromatic N) is 1. The third kappa shape index (κ3) is 3.62. The van der Waals surface area contributed by atoms with Crippen LogP contribution in [0.15, 0.2) is 18.2 Å². The molecule has 0 bridgehead atoms. The maximum absolute atomic E-state index is 12.0. The van der Waals surface area contributed by atoms with Crippen molar-refractivity contribution < 1.29 is 9.90 Å². The summed E-state index contributed by atoms with van der Waals surface area (Å²) in [6.45, 7) is 1.57. The molecule has 0 spiro atoms. The van der Waals surface area contributed by atoms with Crippen LogP contribution in [0.25, 0.3) is 0 Å². The van der Waals surface area contributed by atoms with Gasteiger partial charge in [0.15, 0.2) is 0 Å². The SMILES string of the molecule is O=C(CCc1cccc(Cl)c1Cl)N1CCC(CO)C1. The molecular weight excluding hydrogens is 285 g/mol. The molecule has 1 aromatic carbocycles. The third-order valence-electron chi connectivity index (χ3n) is 3.54. The summed E-state index contributed by atoms with van der Waals surface area (Å²) in [6.07, 6.45) is 1.91. The highest BCUT2D eigenvalue weighted by atomic mass is 35.5. The van der Waals surface area contributed by atoms with Crippen LogP contribution in [0.3, 0.4) is 0 Å². The Morgan fingerprint density at radius 3 is 2.89 bits per heavy atom. The molecule has 3 nitrogen and oxygen atoms in total. The second kappa shape index (κ2) is 6.60. The van der Waals surface area contributed by atoms with Crippen molar-refractivity contribution in [3.63, 3.8) is 0 Å². The van der Waals surface area contributed by atoms with Gasteiger partial charge in [0, 0.05) is 32.0 Å². The van der Waals surface area contributed by atoms with Crippen molar-refractivity contribution in [3.8, 4) is 0 Å². The van der Waals surface area contributed by atoms with E-state index in [4.69, 9.17) is 28.3 Å². The molecule has 1 aliphatic heterocycles. The van der Waals surface area contributed by atoms with E-state index in [0.717, 1.165) is 18.5 Å². The summed E-state index contributed by atoms with van der Waals surface area (Å²) in [5.74, 6) is 0.352. The quantitative estimate of drug-likeness (QED) is 0.929. The molecule has 0 aromatic heterocycles. The van der Waals surface area contributed by atoms with Gasteiger partial charge in [-0.25, -0.2) is 0 Å². The first-order chi connectivity index (χ1) is 9.11. The lowest BCUT2D eigenvalue weighted by Crippen LogP contribution is -2.29. The van der Waals surface area contributed by atoms with Crippen LogP contribution in [0.1, 0.15) is 18.4 Å². The number of likely N-dealkylation sites (tertiary alicyclic amines) is 1. The second-order valence-electron chi connectivity index (χ2n) is 4.89. The Kier molecular flexibility index (Phi) is 5.08. The van der Waals surface area contributed by atoms with Crippen molar-refractivity contribution in [2.45, 2.75) is 19.3 Å². The smallest absolute Gasteiger partial charge is 0.222 e. The monoisotopic (exact) mass is 301 g/mol. The highest BCUT2D eigenvalue weighted by Gasteiger charge is 2.25. The van der Waals surface area contributed by atoms with Gasteiger partial charge in [-0.2, -0.15) is 0 Å². The van der Waals surface area contributed by atoms with Gasteiger partial charge in [0.2, 0.25) is 5.91 Å². The van der Waals surface area contributed by atoms with E-state index in [-0.39, 0.29) is 18.4 Å². The number of hydrogen-bond donors (Lipinski definition) is 1. The third-order valence-corrected chi connectivity index (χ3v) is 4.39. The van der Waals surface area contributed by atoms with Gasteiger partial charge < -0.3 is 10.0 Å². The topological polar surface area (TPSA) is 40.5 Å². The van der Waals surface area contributed by atoms with Crippen LogP contribution in [0.4, 0.5) is 0 Å². The zero-order valence-corrected chi connectivity index (χ0v) is 12.1. The lowest BCUT2D eigenvalue weighted by Gasteiger charge is -2.16. The van der Waals surface area contributed by atoms with Crippen molar-refractivity contribution >= 4 is 29.1 Å². The van der Waals surface area contributed by atoms with Crippen molar-refractivity contribution in [2.24, 2.45) is 5.92 Å². The Morgan fingerprint density at radius 2 is 2.21 bits per heavy atom. The molecule has 1 aliphatic rings. The minimum atomic E-state index is 0.118. The highest BCUT2D eigenvalue weighted by Crippen LogP contribution is 2.26. The first kappa shape index (κ1) is 14.6. The zero-order valence-electron chi connectivity index (χ0n) is 10.6. The van der Waals surface area contributed by atoms with Gasteiger partial charge in [-0.05, 0) is 24.5 Å². The molecule has 0 saturated carbocycles.